The number of amides is 2. The van der Waals surface area contributed by atoms with Gasteiger partial charge in [-0.15, -0.1) is 0 Å². The summed E-state index contributed by atoms with van der Waals surface area (Å²) in [5.41, 5.74) is 1.64. The summed E-state index contributed by atoms with van der Waals surface area (Å²) in [6.45, 7) is 1.15. The third kappa shape index (κ3) is 2.95. The van der Waals surface area contributed by atoms with Gasteiger partial charge in [-0.1, -0.05) is 11.2 Å². The maximum absolute atomic E-state index is 12.4. The van der Waals surface area contributed by atoms with Crippen LogP contribution in [-0.4, -0.2) is 56.8 Å². The van der Waals surface area contributed by atoms with Crippen LogP contribution in [0.2, 0.25) is 0 Å². The fraction of sp³-hybridized carbons (Fsp3) is 0.312. The van der Waals surface area contributed by atoms with E-state index in [9.17, 15) is 9.59 Å². The van der Waals surface area contributed by atoms with Gasteiger partial charge in [0, 0.05) is 31.7 Å². The number of pyridine rings is 1. The van der Waals surface area contributed by atoms with E-state index in [0.29, 0.717) is 31.0 Å². The maximum Gasteiger partial charge on any atom is 0.272 e. The Morgan fingerprint density at radius 2 is 2.24 bits per heavy atom. The summed E-state index contributed by atoms with van der Waals surface area (Å²) >= 11 is 0. The lowest BCUT2D eigenvalue weighted by atomic mass is 10.0. The Morgan fingerprint density at radius 3 is 3.00 bits per heavy atom. The van der Waals surface area contributed by atoms with Crippen molar-refractivity contribution in [1.82, 2.24) is 25.4 Å². The second-order valence-corrected chi connectivity index (χ2v) is 5.95. The topological polar surface area (TPSA) is 113 Å². The molecule has 9 heteroatoms. The molecular weight excluding hydrogens is 324 g/mol. The molecule has 9 nitrogen and oxygen atoms in total. The fourth-order valence-electron chi connectivity index (χ4n) is 3.03. The number of nitrogens with zero attached hydrogens (tertiary/aromatic N) is 4. The highest BCUT2D eigenvalue weighted by Gasteiger charge is 2.46. The number of hydrogen-bond donors (Lipinski definition) is 2. The van der Waals surface area contributed by atoms with Crippen LogP contribution in [0, 0.1) is 5.92 Å². The Bertz CT molecular complexity index is 805. The van der Waals surface area contributed by atoms with Crippen LogP contribution in [0.4, 0.5) is 0 Å². The Balaban J connectivity index is 1.38. The van der Waals surface area contributed by atoms with E-state index < -0.39 is 0 Å². The summed E-state index contributed by atoms with van der Waals surface area (Å²) in [6.07, 6.45) is 4.61. The highest BCUT2D eigenvalue weighted by Crippen LogP contribution is 2.28. The standard InChI is InChI=1S/C16H16N6O3/c23-15(18-7-10-2-1-4-17-6-10)14-11-8-22(9-13(11)25-21-14)16(24)12-3-5-19-20-12/h1-6,11,13H,7-9H2,(H,18,23)(H,19,20)/t11-,13+/m0/s1. The molecule has 0 radical (unpaired) electrons. The molecule has 2 aromatic rings. The molecule has 1 saturated heterocycles. The average molecular weight is 340 g/mol. The minimum absolute atomic E-state index is 0.161. The van der Waals surface area contributed by atoms with E-state index in [4.69, 9.17) is 4.84 Å². The first-order valence-corrected chi connectivity index (χ1v) is 7.92. The van der Waals surface area contributed by atoms with E-state index >= 15 is 0 Å². The first-order chi connectivity index (χ1) is 12.2. The van der Waals surface area contributed by atoms with Gasteiger partial charge in [0.2, 0.25) is 0 Å². The van der Waals surface area contributed by atoms with Gasteiger partial charge in [-0.2, -0.15) is 5.10 Å². The van der Waals surface area contributed by atoms with Crippen molar-refractivity contribution in [3.8, 4) is 0 Å². The minimum Gasteiger partial charge on any atom is -0.389 e. The lowest BCUT2D eigenvalue weighted by Crippen LogP contribution is -2.37. The molecule has 0 unspecified atom stereocenters. The number of H-pyrrole nitrogens is 1. The molecule has 0 aliphatic carbocycles. The number of hydrogen-bond acceptors (Lipinski definition) is 6. The van der Waals surface area contributed by atoms with Gasteiger partial charge >= 0.3 is 0 Å². The Morgan fingerprint density at radius 1 is 1.32 bits per heavy atom. The maximum atomic E-state index is 12.4. The van der Waals surface area contributed by atoms with Gasteiger partial charge in [-0.05, 0) is 17.7 Å². The van der Waals surface area contributed by atoms with Crippen LogP contribution < -0.4 is 5.32 Å². The van der Waals surface area contributed by atoms with Gasteiger partial charge in [0.15, 0.2) is 11.8 Å². The van der Waals surface area contributed by atoms with Crippen LogP contribution >= 0.6 is 0 Å². The van der Waals surface area contributed by atoms with Crippen LogP contribution in [-0.2, 0) is 16.2 Å². The largest absolute Gasteiger partial charge is 0.389 e. The summed E-state index contributed by atoms with van der Waals surface area (Å²) in [5, 5.41) is 13.2. The molecule has 0 saturated carbocycles. The van der Waals surface area contributed by atoms with Crippen LogP contribution in [0.25, 0.3) is 0 Å². The van der Waals surface area contributed by atoms with Crippen LogP contribution in [0.5, 0.6) is 0 Å². The van der Waals surface area contributed by atoms with Crippen LogP contribution in [0.15, 0.2) is 41.9 Å². The molecule has 2 amide bonds. The predicted molar refractivity (Wildman–Crippen MR) is 86.4 cm³/mol. The zero-order valence-electron chi connectivity index (χ0n) is 13.3. The van der Waals surface area contributed by atoms with Crippen molar-refractivity contribution in [2.24, 2.45) is 11.1 Å². The van der Waals surface area contributed by atoms with Gasteiger partial charge in [-0.3, -0.25) is 19.7 Å². The van der Waals surface area contributed by atoms with Gasteiger partial charge in [0.05, 0.1) is 12.5 Å². The highest BCUT2D eigenvalue weighted by atomic mass is 16.6. The highest BCUT2D eigenvalue weighted by molar-refractivity contribution is 6.40. The van der Waals surface area contributed by atoms with Gasteiger partial charge in [-0.25, -0.2) is 0 Å². The first-order valence-electron chi connectivity index (χ1n) is 7.92. The van der Waals surface area contributed by atoms with Crippen molar-refractivity contribution < 1.29 is 14.4 Å². The number of rotatable bonds is 4. The molecule has 0 bridgehead atoms. The zero-order valence-corrected chi connectivity index (χ0v) is 13.3. The third-order valence-electron chi connectivity index (χ3n) is 4.33. The molecule has 25 heavy (non-hydrogen) atoms. The normalized spacial score (nSPS) is 21.4. The van der Waals surface area contributed by atoms with E-state index in [1.165, 1.54) is 6.20 Å². The Kier molecular flexibility index (Phi) is 3.88. The molecule has 4 heterocycles. The van der Waals surface area contributed by atoms with Crippen molar-refractivity contribution in [2.45, 2.75) is 12.6 Å². The average Bonchev–Trinajstić information content (AvgIpc) is 3.36. The molecule has 4 rings (SSSR count). The van der Waals surface area contributed by atoms with Crippen LogP contribution in [0.1, 0.15) is 16.1 Å². The molecule has 0 spiro atoms. The van der Waals surface area contributed by atoms with Gasteiger partial charge in [0.1, 0.15) is 5.69 Å². The summed E-state index contributed by atoms with van der Waals surface area (Å²) in [7, 11) is 0. The quantitative estimate of drug-likeness (QED) is 0.810. The van der Waals surface area contributed by atoms with E-state index in [1.54, 1.807) is 23.4 Å². The van der Waals surface area contributed by atoms with Crippen molar-refractivity contribution in [1.29, 1.82) is 0 Å². The van der Waals surface area contributed by atoms with E-state index in [-0.39, 0.29) is 23.8 Å². The smallest absolute Gasteiger partial charge is 0.272 e. The summed E-state index contributed by atoms with van der Waals surface area (Å²) in [4.78, 5) is 35.8. The molecule has 2 atom stereocenters. The number of carbonyl (C=O) groups excluding carboxylic acids is 2. The van der Waals surface area contributed by atoms with E-state index in [1.807, 2.05) is 12.1 Å². The Hall–Kier alpha value is -3.23. The molecule has 2 N–H and O–H groups in total. The number of aromatic amines is 1. The number of aromatic nitrogens is 3. The van der Waals surface area contributed by atoms with Gasteiger partial charge < -0.3 is 15.1 Å². The summed E-state index contributed by atoms with van der Waals surface area (Å²) in [6, 6.07) is 5.31. The molecule has 128 valence electrons. The molecule has 1 fully saturated rings. The number of oxime groups is 1. The van der Waals surface area contributed by atoms with Crippen molar-refractivity contribution in [2.75, 3.05) is 13.1 Å². The number of nitrogens with one attached hydrogen (secondary N) is 2. The lowest BCUT2D eigenvalue weighted by molar-refractivity contribution is -0.115. The van der Waals surface area contributed by atoms with Crippen molar-refractivity contribution >= 4 is 17.5 Å². The van der Waals surface area contributed by atoms with Crippen molar-refractivity contribution in [3.63, 3.8) is 0 Å². The number of fused-ring (bicyclic) bond motifs is 1. The molecule has 2 aliphatic rings. The van der Waals surface area contributed by atoms with Crippen LogP contribution in [0.3, 0.4) is 0 Å². The zero-order chi connectivity index (χ0) is 17.2. The molecule has 0 aromatic carbocycles. The molecular formula is C16H16N6O3. The number of likely N-dealkylation sites (tertiary alicyclic amines) is 1. The summed E-state index contributed by atoms with van der Waals surface area (Å²) < 4.78 is 0. The number of carbonyl (C=O) groups is 2. The molecule has 2 aliphatic heterocycles. The van der Waals surface area contributed by atoms with E-state index in [0.717, 1.165) is 5.56 Å². The second kappa shape index (κ2) is 6.34. The van der Waals surface area contributed by atoms with E-state index in [2.05, 4.69) is 25.7 Å². The monoisotopic (exact) mass is 340 g/mol. The SMILES string of the molecule is O=C(NCc1cccnc1)C1=NO[C@@H]2CN(C(=O)c3ccn[nH]3)C[C@H]12. The Labute approximate surface area is 143 Å². The third-order valence-corrected chi connectivity index (χ3v) is 4.33. The van der Waals surface area contributed by atoms with Gasteiger partial charge in [0.25, 0.3) is 11.8 Å². The lowest BCUT2D eigenvalue weighted by Gasteiger charge is -2.15. The fourth-order valence-corrected chi connectivity index (χ4v) is 3.03. The predicted octanol–water partition coefficient (Wildman–Crippen LogP) is -0.0521. The molecule has 2 aromatic heterocycles. The minimum atomic E-state index is -0.286. The van der Waals surface area contributed by atoms with Crippen molar-refractivity contribution in [3.05, 3.63) is 48.0 Å². The first kappa shape index (κ1) is 15.3. The second-order valence-electron chi connectivity index (χ2n) is 5.95. The summed E-state index contributed by atoms with van der Waals surface area (Å²) in [5.74, 6) is -0.668.